The fourth-order valence-corrected chi connectivity index (χ4v) is 10.3. The summed E-state index contributed by atoms with van der Waals surface area (Å²) in [7, 11) is 0. The summed E-state index contributed by atoms with van der Waals surface area (Å²) in [6.07, 6.45) is 5.69. The van der Waals surface area contributed by atoms with Gasteiger partial charge in [-0.3, -0.25) is 29.1 Å². The van der Waals surface area contributed by atoms with E-state index < -0.39 is 18.0 Å². The van der Waals surface area contributed by atoms with Crippen LogP contribution in [0.2, 0.25) is 0 Å². The number of carbonyl (C=O) groups is 3. The third kappa shape index (κ3) is 7.95. The molecule has 13 nitrogen and oxygen atoms in total. The fourth-order valence-electron chi connectivity index (χ4n) is 10.3. The predicted molar refractivity (Wildman–Crippen MR) is 236 cm³/mol. The van der Waals surface area contributed by atoms with Crippen LogP contribution in [0, 0.1) is 23.1 Å². The van der Waals surface area contributed by atoms with E-state index in [0.717, 1.165) is 69.7 Å². The molecule has 0 bridgehead atoms. The van der Waals surface area contributed by atoms with Crippen LogP contribution in [0.15, 0.2) is 83.9 Å². The number of hydrogen-bond donors (Lipinski definition) is 1. The Labute approximate surface area is 368 Å². The first-order chi connectivity index (χ1) is 31.1. The number of likely N-dealkylation sites (tertiary alicyclic amines) is 1. The van der Waals surface area contributed by atoms with Crippen molar-refractivity contribution in [3.8, 4) is 23.3 Å². The summed E-state index contributed by atoms with van der Waals surface area (Å²) in [5, 5.41) is 12.6. The molecule has 15 heteroatoms. The lowest BCUT2D eigenvalue weighted by Gasteiger charge is -2.38. The lowest BCUT2D eigenvalue weighted by Crippen LogP contribution is -2.52. The number of fused-ring (bicyclic) bond motifs is 2. The van der Waals surface area contributed by atoms with Gasteiger partial charge in [-0.1, -0.05) is 12.1 Å². The van der Waals surface area contributed by atoms with Gasteiger partial charge in [0.2, 0.25) is 11.8 Å². The Morgan fingerprint density at radius 3 is 2.33 bits per heavy atom. The maximum Gasteiger partial charge on any atom is 0.265 e. The Hall–Kier alpha value is -6.66. The summed E-state index contributed by atoms with van der Waals surface area (Å²) in [5.41, 5.74) is 5.10. The molecule has 2 atom stereocenters. The van der Waals surface area contributed by atoms with Crippen molar-refractivity contribution >= 4 is 40.0 Å². The molecule has 1 N–H and O–H groups in total. The Morgan fingerprint density at radius 2 is 1.59 bits per heavy atom. The van der Waals surface area contributed by atoms with E-state index in [9.17, 15) is 28.8 Å². The molecule has 5 aliphatic heterocycles. The molecule has 1 aromatic heterocycles. The molecule has 5 aromatic rings. The molecule has 328 valence electrons. The molecule has 3 amide bonds. The first-order valence-corrected chi connectivity index (χ1v) is 22.3. The van der Waals surface area contributed by atoms with Crippen LogP contribution < -0.4 is 25.4 Å². The van der Waals surface area contributed by atoms with E-state index in [0.29, 0.717) is 60.2 Å². The number of piperidine rings is 3. The molecular weight excluding hydrogens is 819 g/mol. The maximum atomic E-state index is 15.1. The number of imide groups is 1. The van der Waals surface area contributed by atoms with Gasteiger partial charge in [0.1, 0.15) is 35.9 Å². The summed E-state index contributed by atoms with van der Waals surface area (Å²) in [6.45, 7) is 5.93. The number of nitrogens with zero attached hydrogens (tertiary/aromatic N) is 7. The van der Waals surface area contributed by atoms with E-state index in [1.807, 2.05) is 36.4 Å². The van der Waals surface area contributed by atoms with Crippen molar-refractivity contribution in [3.63, 3.8) is 0 Å². The van der Waals surface area contributed by atoms with Crippen LogP contribution in [0.25, 0.3) is 16.6 Å². The van der Waals surface area contributed by atoms with E-state index in [-0.39, 0.29) is 58.7 Å². The van der Waals surface area contributed by atoms with Gasteiger partial charge >= 0.3 is 0 Å². The van der Waals surface area contributed by atoms with Gasteiger partial charge in [0.15, 0.2) is 11.6 Å². The second-order valence-corrected chi connectivity index (χ2v) is 17.8. The highest BCUT2D eigenvalue weighted by Crippen LogP contribution is 2.38. The van der Waals surface area contributed by atoms with Gasteiger partial charge in [0, 0.05) is 56.9 Å². The number of hydrogen-bond acceptors (Lipinski definition) is 10. The number of halogens is 2. The molecule has 4 aromatic carbocycles. The molecule has 6 heterocycles. The quantitative estimate of drug-likeness (QED) is 0.161. The maximum absolute atomic E-state index is 15.1. The van der Waals surface area contributed by atoms with Gasteiger partial charge in [-0.15, -0.1) is 0 Å². The average Bonchev–Trinajstić information content (AvgIpc) is 3.89. The standard InChI is InChI=1S/C49H48F2N8O5/c50-34-17-22-57(28-34)43-10-8-41(51)46(40(43)25-52)64-37-6-9-42-39(24-37)49(63)59(29-53-42)36-4-2-35(3-5-36)56-20-13-30(14-21-56)26-55-18-15-31(16-19-55)32-1-7-38-33(23-32)27-58(48(38)62)44-11-12-45(60)54-47(44)61/h1-10,23-24,29-31,34,44H,11-22,26-28H2,(H,54,60,61)/t34-,44?/m1/s1. The Balaban J connectivity index is 0.731. The molecule has 1 unspecified atom stereocenters. The molecule has 4 fully saturated rings. The van der Waals surface area contributed by atoms with Crippen molar-refractivity contribution < 1.29 is 27.9 Å². The number of aromatic nitrogens is 2. The average molecular weight is 867 g/mol. The minimum atomic E-state index is -1.02. The molecule has 5 aliphatic rings. The van der Waals surface area contributed by atoms with Gasteiger partial charge in [0.25, 0.3) is 11.5 Å². The van der Waals surface area contributed by atoms with Gasteiger partial charge in [-0.2, -0.15) is 5.26 Å². The van der Waals surface area contributed by atoms with E-state index in [1.165, 1.54) is 34.7 Å². The van der Waals surface area contributed by atoms with Crippen LogP contribution in [0.3, 0.4) is 0 Å². The first kappa shape index (κ1) is 41.4. The predicted octanol–water partition coefficient (Wildman–Crippen LogP) is 6.59. The number of alkyl halides is 1. The Morgan fingerprint density at radius 1 is 0.828 bits per heavy atom. The van der Waals surface area contributed by atoms with Crippen LogP contribution in [-0.2, 0) is 16.1 Å². The summed E-state index contributed by atoms with van der Waals surface area (Å²) < 4.78 is 36.5. The van der Waals surface area contributed by atoms with E-state index in [2.05, 4.69) is 32.2 Å². The summed E-state index contributed by atoms with van der Waals surface area (Å²) >= 11 is 0. The minimum Gasteiger partial charge on any atom is -0.453 e. The van der Waals surface area contributed by atoms with E-state index in [4.69, 9.17) is 4.74 Å². The van der Waals surface area contributed by atoms with Crippen molar-refractivity contribution in [2.75, 3.05) is 55.6 Å². The fraction of sp³-hybridized carbons (Fsp3) is 0.388. The Bertz CT molecular complexity index is 2760. The van der Waals surface area contributed by atoms with Crippen molar-refractivity contribution in [1.29, 1.82) is 5.26 Å². The number of benzene rings is 4. The second-order valence-electron chi connectivity index (χ2n) is 17.8. The van der Waals surface area contributed by atoms with Gasteiger partial charge < -0.3 is 24.3 Å². The molecule has 10 rings (SSSR count). The zero-order valence-corrected chi connectivity index (χ0v) is 35.3. The zero-order chi connectivity index (χ0) is 44.1. The molecule has 4 saturated heterocycles. The van der Waals surface area contributed by atoms with E-state index >= 15 is 4.39 Å². The van der Waals surface area contributed by atoms with Gasteiger partial charge in [-0.25, -0.2) is 13.8 Å². The molecule has 0 spiro atoms. The number of rotatable bonds is 9. The van der Waals surface area contributed by atoms with Gasteiger partial charge in [-0.05, 0) is 135 Å². The zero-order valence-electron chi connectivity index (χ0n) is 35.3. The Kier molecular flexibility index (Phi) is 11.1. The molecule has 0 radical (unpaired) electrons. The number of nitriles is 1. The summed E-state index contributed by atoms with van der Waals surface area (Å²) in [6, 6.07) is 22.8. The number of amides is 3. The SMILES string of the molecule is N#Cc1c(N2CC[C@@H](F)C2)ccc(F)c1Oc1ccc2ncn(-c3ccc(N4CCC(CN5CCC(c6ccc7c(c6)CN(C6CCC(=O)NC6=O)C7=O)CC5)CC4)cc3)c(=O)c2c1. The van der Waals surface area contributed by atoms with Crippen LogP contribution in [0.5, 0.6) is 11.5 Å². The van der Waals surface area contributed by atoms with Crippen molar-refractivity contribution in [2.24, 2.45) is 5.92 Å². The van der Waals surface area contributed by atoms with E-state index in [1.54, 1.807) is 21.9 Å². The molecule has 64 heavy (non-hydrogen) atoms. The highest BCUT2D eigenvalue weighted by Gasteiger charge is 2.39. The minimum absolute atomic E-state index is 0.0311. The van der Waals surface area contributed by atoms with Crippen molar-refractivity contribution in [1.82, 2.24) is 24.7 Å². The highest BCUT2D eigenvalue weighted by atomic mass is 19.1. The molecule has 0 aliphatic carbocycles. The van der Waals surface area contributed by atoms with Crippen LogP contribution in [0.1, 0.15) is 77.9 Å². The van der Waals surface area contributed by atoms with Crippen LogP contribution in [-0.4, -0.2) is 95.1 Å². The topological polar surface area (TPSA) is 144 Å². The molecule has 0 saturated carbocycles. The number of anilines is 2. The van der Waals surface area contributed by atoms with Crippen molar-refractivity contribution in [2.45, 2.75) is 69.6 Å². The summed E-state index contributed by atoms with van der Waals surface area (Å²) in [4.78, 5) is 64.0. The third-order valence-electron chi connectivity index (χ3n) is 13.9. The van der Waals surface area contributed by atoms with Crippen LogP contribution >= 0.6 is 0 Å². The molecular formula is C49H48F2N8O5. The second kappa shape index (κ2) is 17.1. The highest BCUT2D eigenvalue weighted by molar-refractivity contribution is 6.05. The van der Waals surface area contributed by atoms with Crippen molar-refractivity contribution in [3.05, 3.63) is 118 Å². The lowest BCUT2D eigenvalue weighted by atomic mass is 9.87. The normalized spacial score (nSPS) is 21.1. The smallest absolute Gasteiger partial charge is 0.265 e. The first-order valence-electron chi connectivity index (χ1n) is 22.3. The monoisotopic (exact) mass is 866 g/mol. The third-order valence-corrected chi connectivity index (χ3v) is 13.9. The number of ether oxygens (including phenoxy) is 1. The van der Waals surface area contributed by atoms with Gasteiger partial charge in [0.05, 0.1) is 22.3 Å². The largest absolute Gasteiger partial charge is 0.453 e. The number of carbonyl (C=O) groups excluding carboxylic acids is 3. The lowest BCUT2D eigenvalue weighted by molar-refractivity contribution is -0.136. The van der Waals surface area contributed by atoms with Crippen LogP contribution in [0.4, 0.5) is 20.2 Å². The summed E-state index contributed by atoms with van der Waals surface area (Å²) in [5.74, 6) is -0.627. The number of nitrogens with one attached hydrogen (secondary N) is 1.